The van der Waals surface area contributed by atoms with Gasteiger partial charge in [0.25, 0.3) is 0 Å². The van der Waals surface area contributed by atoms with E-state index in [9.17, 15) is 4.91 Å². The van der Waals surface area contributed by atoms with Gasteiger partial charge in [-0.25, -0.2) is 0 Å². The number of benzene rings is 2. The highest BCUT2D eigenvalue weighted by Gasteiger charge is 2.08. The lowest BCUT2D eigenvalue weighted by Crippen LogP contribution is -2.10. The third kappa shape index (κ3) is 3.33. The van der Waals surface area contributed by atoms with Gasteiger partial charge in [0.05, 0.1) is 31.3 Å². The first-order valence-corrected chi connectivity index (χ1v) is 6.15. The fraction of sp³-hybridized carbons (Fsp3) is 0.143. The molecule has 2 aromatic carbocycles. The van der Waals surface area contributed by atoms with Crippen LogP contribution in [0.5, 0.6) is 11.5 Å². The van der Waals surface area contributed by atoms with E-state index in [2.05, 4.69) is 16.0 Å². The molecule has 21 heavy (non-hydrogen) atoms. The predicted octanol–water partition coefficient (Wildman–Crippen LogP) is 3.12. The molecule has 0 spiro atoms. The molecule has 7 nitrogen and oxygen atoms in total. The van der Waals surface area contributed by atoms with Gasteiger partial charge in [-0.05, 0) is 29.4 Å². The van der Waals surface area contributed by atoms with E-state index < -0.39 is 0 Å². The van der Waals surface area contributed by atoms with Crippen molar-refractivity contribution in [3.05, 3.63) is 41.3 Å². The van der Waals surface area contributed by atoms with Crippen LogP contribution in [0.3, 0.4) is 0 Å². The van der Waals surface area contributed by atoms with Crippen molar-refractivity contribution in [3.8, 4) is 11.5 Å². The van der Waals surface area contributed by atoms with Gasteiger partial charge < -0.3 is 20.6 Å². The van der Waals surface area contributed by atoms with Crippen LogP contribution in [-0.4, -0.2) is 14.2 Å². The zero-order valence-corrected chi connectivity index (χ0v) is 11.7. The van der Waals surface area contributed by atoms with Gasteiger partial charge in [0, 0.05) is 12.1 Å². The van der Waals surface area contributed by atoms with Crippen molar-refractivity contribution in [2.24, 2.45) is 5.18 Å². The summed E-state index contributed by atoms with van der Waals surface area (Å²) >= 11 is 0. The number of nitrogen functional groups attached to an aromatic ring is 1. The number of hydrazine groups is 1. The van der Waals surface area contributed by atoms with E-state index in [-0.39, 0.29) is 0 Å². The summed E-state index contributed by atoms with van der Waals surface area (Å²) < 4.78 is 10.4. The Morgan fingerprint density at radius 3 is 2.24 bits per heavy atom. The van der Waals surface area contributed by atoms with E-state index in [0.29, 0.717) is 28.6 Å². The normalized spacial score (nSPS) is 9.81. The van der Waals surface area contributed by atoms with Gasteiger partial charge >= 0.3 is 0 Å². The second-order valence-corrected chi connectivity index (χ2v) is 4.18. The molecule has 0 aliphatic rings. The first-order valence-electron chi connectivity index (χ1n) is 6.15. The number of rotatable bonds is 6. The Morgan fingerprint density at radius 2 is 1.67 bits per heavy atom. The Morgan fingerprint density at radius 1 is 1.00 bits per heavy atom. The van der Waals surface area contributed by atoms with E-state index in [1.165, 1.54) is 0 Å². The van der Waals surface area contributed by atoms with Gasteiger partial charge in [0.1, 0.15) is 17.2 Å². The largest absolute Gasteiger partial charge is 0.495 e. The van der Waals surface area contributed by atoms with Gasteiger partial charge in [-0.3, -0.25) is 5.43 Å². The van der Waals surface area contributed by atoms with Crippen molar-refractivity contribution < 1.29 is 9.47 Å². The third-order valence-corrected chi connectivity index (χ3v) is 2.87. The van der Waals surface area contributed by atoms with E-state index >= 15 is 0 Å². The lowest BCUT2D eigenvalue weighted by Gasteiger charge is -2.15. The lowest BCUT2D eigenvalue weighted by molar-refractivity contribution is 0.406. The maximum atomic E-state index is 10.4. The molecule has 0 atom stereocenters. The first-order chi connectivity index (χ1) is 10.2. The molecule has 7 heteroatoms. The summed E-state index contributed by atoms with van der Waals surface area (Å²) in [5.41, 5.74) is 14.1. The van der Waals surface area contributed by atoms with Crippen molar-refractivity contribution in [1.82, 2.24) is 0 Å². The number of nitroso groups, excluding NO2 is 1. The zero-order chi connectivity index (χ0) is 15.2. The van der Waals surface area contributed by atoms with Crippen LogP contribution in [0.4, 0.5) is 22.7 Å². The quantitative estimate of drug-likeness (QED) is 0.429. The van der Waals surface area contributed by atoms with E-state index in [1.54, 1.807) is 50.6 Å². The standard InChI is InChI=1S/C14H16N4O3/c1-20-13-8-12(14(21-2)7-11(13)15)17-16-9-3-5-10(18-19)6-4-9/h3-8,16-17H,15H2,1-2H3. The fourth-order valence-corrected chi connectivity index (χ4v) is 1.76. The Kier molecular flexibility index (Phi) is 4.45. The Labute approximate surface area is 122 Å². The van der Waals surface area contributed by atoms with Gasteiger partial charge in [-0.15, -0.1) is 4.91 Å². The second-order valence-electron chi connectivity index (χ2n) is 4.18. The van der Waals surface area contributed by atoms with Crippen LogP contribution < -0.4 is 26.1 Å². The summed E-state index contributed by atoms with van der Waals surface area (Å²) in [4.78, 5) is 10.4. The third-order valence-electron chi connectivity index (χ3n) is 2.87. The molecule has 0 bridgehead atoms. The van der Waals surface area contributed by atoms with Crippen molar-refractivity contribution in [1.29, 1.82) is 0 Å². The molecule has 0 saturated carbocycles. The number of hydrogen-bond acceptors (Lipinski definition) is 7. The number of ether oxygens (including phenoxy) is 2. The topological polar surface area (TPSA) is 98.0 Å². The highest BCUT2D eigenvalue weighted by molar-refractivity contribution is 5.70. The minimum atomic E-state index is 0.368. The molecule has 110 valence electrons. The number of anilines is 3. The minimum absolute atomic E-state index is 0.368. The molecule has 0 radical (unpaired) electrons. The predicted molar refractivity (Wildman–Crippen MR) is 83.1 cm³/mol. The highest BCUT2D eigenvalue weighted by Crippen LogP contribution is 2.34. The molecule has 0 aliphatic heterocycles. The van der Waals surface area contributed by atoms with Crippen molar-refractivity contribution in [2.45, 2.75) is 0 Å². The first kappa shape index (κ1) is 14.4. The average Bonchev–Trinajstić information content (AvgIpc) is 2.53. The summed E-state index contributed by atoms with van der Waals surface area (Å²) in [6, 6.07) is 10.1. The minimum Gasteiger partial charge on any atom is -0.495 e. The molecule has 4 N–H and O–H groups in total. The van der Waals surface area contributed by atoms with Gasteiger partial charge in [0.2, 0.25) is 0 Å². The van der Waals surface area contributed by atoms with Gasteiger partial charge in [-0.2, -0.15) is 0 Å². The number of nitrogens with zero attached hydrogens (tertiary/aromatic N) is 1. The van der Waals surface area contributed by atoms with E-state index in [1.807, 2.05) is 0 Å². The maximum Gasteiger partial charge on any atom is 0.146 e. The van der Waals surface area contributed by atoms with Crippen LogP contribution in [0.1, 0.15) is 0 Å². The van der Waals surface area contributed by atoms with Crippen LogP contribution in [-0.2, 0) is 0 Å². The van der Waals surface area contributed by atoms with Crippen LogP contribution in [0.2, 0.25) is 0 Å². The number of methoxy groups -OCH3 is 2. The highest BCUT2D eigenvalue weighted by atomic mass is 16.5. The fourth-order valence-electron chi connectivity index (χ4n) is 1.76. The van der Waals surface area contributed by atoms with E-state index in [0.717, 1.165) is 5.69 Å². The number of hydrogen-bond donors (Lipinski definition) is 3. The molecular formula is C14H16N4O3. The summed E-state index contributed by atoms with van der Waals surface area (Å²) in [5, 5.41) is 2.84. The maximum absolute atomic E-state index is 10.4. The summed E-state index contributed by atoms with van der Waals surface area (Å²) in [7, 11) is 3.09. The summed E-state index contributed by atoms with van der Waals surface area (Å²) in [6.45, 7) is 0. The van der Waals surface area contributed by atoms with Crippen molar-refractivity contribution in [3.63, 3.8) is 0 Å². The summed E-state index contributed by atoms with van der Waals surface area (Å²) in [6.07, 6.45) is 0. The average molecular weight is 288 g/mol. The van der Waals surface area contributed by atoms with Crippen molar-refractivity contribution >= 4 is 22.7 Å². The van der Waals surface area contributed by atoms with Crippen molar-refractivity contribution in [2.75, 3.05) is 30.8 Å². The Balaban J connectivity index is 2.16. The van der Waals surface area contributed by atoms with Crippen LogP contribution >= 0.6 is 0 Å². The Hall–Kier alpha value is -2.96. The van der Waals surface area contributed by atoms with Gasteiger partial charge in [0.15, 0.2) is 0 Å². The molecule has 0 unspecified atom stereocenters. The smallest absolute Gasteiger partial charge is 0.146 e. The second kappa shape index (κ2) is 6.47. The monoisotopic (exact) mass is 288 g/mol. The molecule has 0 aliphatic carbocycles. The number of nitrogens with two attached hydrogens (primary N) is 1. The summed E-state index contributed by atoms with van der Waals surface area (Å²) in [5.74, 6) is 1.12. The molecule has 0 fully saturated rings. The van der Waals surface area contributed by atoms with Crippen LogP contribution in [0.25, 0.3) is 0 Å². The molecule has 0 heterocycles. The van der Waals surface area contributed by atoms with E-state index in [4.69, 9.17) is 15.2 Å². The molecule has 0 aromatic heterocycles. The molecule has 2 rings (SSSR count). The molecule has 2 aromatic rings. The molecule has 0 saturated heterocycles. The molecular weight excluding hydrogens is 272 g/mol. The Bertz CT molecular complexity index is 629. The van der Waals surface area contributed by atoms with Gasteiger partial charge in [-0.1, -0.05) is 0 Å². The van der Waals surface area contributed by atoms with Crippen LogP contribution in [0.15, 0.2) is 41.6 Å². The molecule has 0 amide bonds. The van der Waals surface area contributed by atoms with Crippen LogP contribution in [0, 0.1) is 4.91 Å². The number of nitrogens with one attached hydrogen (secondary N) is 2. The lowest BCUT2D eigenvalue weighted by atomic mass is 10.2. The zero-order valence-electron chi connectivity index (χ0n) is 11.7. The SMILES string of the molecule is COc1cc(NNc2ccc(N=O)cc2)c(OC)cc1N.